The van der Waals surface area contributed by atoms with Gasteiger partial charge in [-0.15, -0.1) is 0 Å². The van der Waals surface area contributed by atoms with E-state index in [-0.39, 0.29) is 12.8 Å². The molecule has 0 fully saturated rings. The van der Waals surface area contributed by atoms with Gasteiger partial charge in [0, 0.05) is 24.0 Å². The van der Waals surface area contributed by atoms with Gasteiger partial charge < -0.3 is 4.74 Å². The van der Waals surface area contributed by atoms with Crippen LogP contribution >= 0.6 is 34.8 Å². The summed E-state index contributed by atoms with van der Waals surface area (Å²) in [6.07, 6.45) is 5.34. The minimum Gasteiger partial charge on any atom is -0.470 e. The Kier molecular flexibility index (Phi) is 5.94. The second kappa shape index (κ2) is 7.72. The van der Waals surface area contributed by atoms with Gasteiger partial charge in [0.2, 0.25) is 0 Å². The number of carbonyl (C=O) groups excluding carboxylic acids is 1. The zero-order valence-corrected chi connectivity index (χ0v) is 14.1. The van der Waals surface area contributed by atoms with Gasteiger partial charge in [0.1, 0.15) is 6.33 Å². The zero-order valence-electron chi connectivity index (χ0n) is 11.8. The number of ether oxygens (including phenoxy) is 1. The van der Waals surface area contributed by atoms with Crippen molar-refractivity contribution in [3.05, 3.63) is 45.9 Å². The molecule has 1 amide bonds. The van der Waals surface area contributed by atoms with Crippen molar-refractivity contribution in [1.29, 1.82) is 0 Å². The Morgan fingerprint density at radius 3 is 2.55 bits per heavy atom. The van der Waals surface area contributed by atoms with E-state index in [4.69, 9.17) is 39.5 Å². The molecule has 8 heteroatoms. The van der Waals surface area contributed by atoms with Crippen LogP contribution in [0.15, 0.2) is 30.9 Å². The Hall–Kier alpha value is -1.43. The monoisotopic (exact) mass is 361 g/mol. The molecule has 5 nitrogen and oxygen atoms in total. The lowest BCUT2D eigenvalue weighted by Crippen LogP contribution is -2.37. The Morgan fingerprint density at radius 2 is 2.00 bits per heavy atom. The molecule has 118 valence electrons. The van der Waals surface area contributed by atoms with Crippen LogP contribution in [0.3, 0.4) is 0 Å². The van der Waals surface area contributed by atoms with Crippen LogP contribution in [0.4, 0.5) is 4.79 Å². The molecule has 0 radical (unpaired) electrons. The molecule has 2 rings (SSSR count). The Labute approximate surface area is 143 Å². The molecule has 0 atom stereocenters. The van der Waals surface area contributed by atoms with Gasteiger partial charge in [-0.2, -0.15) is 0 Å². The van der Waals surface area contributed by atoms with Crippen LogP contribution in [0.1, 0.15) is 13.3 Å². The third-order valence-electron chi connectivity index (χ3n) is 2.82. The molecule has 0 spiro atoms. The summed E-state index contributed by atoms with van der Waals surface area (Å²) in [7, 11) is 0. The van der Waals surface area contributed by atoms with E-state index in [0.29, 0.717) is 27.4 Å². The predicted molar refractivity (Wildman–Crippen MR) is 87.0 cm³/mol. The molecule has 0 saturated heterocycles. The molecule has 1 aromatic carbocycles. The van der Waals surface area contributed by atoms with E-state index in [2.05, 4.69) is 4.98 Å². The standard InChI is InChI=1S/C14H14Cl3N3O2/c1-2-4-20(14(21)19-5-3-18-8-19)9-22-13-11(16)6-10(15)7-12(13)17/h3,5-8H,2,4,9H2,1H3. The summed E-state index contributed by atoms with van der Waals surface area (Å²) in [6.45, 7) is 2.52. The lowest BCUT2D eigenvalue weighted by molar-refractivity contribution is 0.137. The highest BCUT2D eigenvalue weighted by molar-refractivity contribution is 6.40. The molecule has 22 heavy (non-hydrogen) atoms. The molecule has 0 aliphatic carbocycles. The average molecular weight is 363 g/mol. The van der Waals surface area contributed by atoms with Gasteiger partial charge in [0.05, 0.1) is 10.0 Å². The molecule has 0 bridgehead atoms. The molecular weight excluding hydrogens is 349 g/mol. The van der Waals surface area contributed by atoms with Gasteiger partial charge >= 0.3 is 6.03 Å². The van der Waals surface area contributed by atoms with Crippen LogP contribution in [0.25, 0.3) is 0 Å². The fourth-order valence-corrected chi connectivity index (χ4v) is 2.76. The SMILES string of the molecule is CCCN(COc1c(Cl)cc(Cl)cc1Cl)C(=O)n1ccnc1. The summed E-state index contributed by atoms with van der Waals surface area (Å²) >= 11 is 18.0. The summed E-state index contributed by atoms with van der Waals surface area (Å²) in [5.74, 6) is 0.298. The fourth-order valence-electron chi connectivity index (χ4n) is 1.83. The first-order valence-electron chi connectivity index (χ1n) is 6.57. The van der Waals surface area contributed by atoms with Crippen molar-refractivity contribution in [2.24, 2.45) is 0 Å². The van der Waals surface area contributed by atoms with Crippen LogP contribution in [-0.2, 0) is 0 Å². The Bertz CT molecular complexity index is 624. The largest absolute Gasteiger partial charge is 0.470 e. The highest BCUT2D eigenvalue weighted by Gasteiger charge is 2.17. The Balaban J connectivity index is 2.11. The second-order valence-electron chi connectivity index (χ2n) is 4.49. The topological polar surface area (TPSA) is 47.4 Å². The molecule has 0 aliphatic rings. The lowest BCUT2D eigenvalue weighted by atomic mass is 10.3. The van der Waals surface area contributed by atoms with E-state index in [9.17, 15) is 4.79 Å². The van der Waals surface area contributed by atoms with E-state index in [1.165, 1.54) is 34.1 Å². The van der Waals surface area contributed by atoms with Gasteiger partial charge in [0.25, 0.3) is 0 Å². The van der Waals surface area contributed by atoms with E-state index in [1.807, 2.05) is 6.92 Å². The van der Waals surface area contributed by atoms with Crippen LogP contribution in [0.5, 0.6) is 5.75 Å². The van der Waals surface area contributed by atoms with Crippen molar-refractivity contribution in [1.82, 2.24) is 14.5 Å². The third-order valence-corrected chi connectivity index (χ3v) is 3.60. The van der Waals surface area contributed by atoms with Crippen LogP contribution in [-0.4, -0.2) is 33.8 Å². The summed E-state index contributed by atoms with van der Waals surface area (Å²) in [6, 6.07) is 2.83. The van der Waals surface area contributed by atoms with Gasteiger partial charge in [0.15, 0.2) is 12.5 Å². The molecule has 0 unspecified atom stereocenters. The number of imidazole rings is 1. The Morgan fingerprint density at radius 1 is 1.32 bits per heavy atom. The number of carbonyl (C=O) groups is 1. The van der Waals surface area contributed by atoms with E-state index in [0.717, 1.165) is 6.42 Å². The molecule has 0 aliphatic heterocycles. The zero-order chi connectivity index (χ0) is 16.1. The molecule has 0 saturated carbocycles. The molecule has 0 N–H and O–H groups in total. The van der Waals surface area contributed by atoms with Crippen molar-refractivity contribution >= 4 is 40.8 Å². The number of hydrogen-bond acceptors (Lipinski definition) is 3. The van der Waals surface area contributed by atoms with Gasteiger partial charge in [-0.05, 0) is 18.6 Å². The van der Waals surface area contributed by atoms with Crippen molar-refractivity contribution < 1.29 is 9.53 Å². The lowest BCUT2D eigenvalue weighted by Gasteiger charge is -2.23. The van der Waals surface area contributed by atoms with Crippen molar-refractivity contribution in [3.8, 4) is 5.75 Å². The number of halogens is 3. The number of rotatable bonds is 5. The molecule has 2 aromatic rings. The summed E-state index contributed by atoms with van der Waals surface area (Å²) in [4.78, 5) is 17.7. The smallest absolute Gasteiger partial charge is 0.332 e. The van der Waals surface area contributed by atoms with Gasteiger partial charge in [-0.1, -0.05) is 41.7 Å². The van der Waals surface area contributed by atoms with Gasteiger partial charge in [-0.25, -0.2) is 9.78 Å². The average Bonchev–Trinajstić information content (AvgIpc) is 2.98. The van der Waals surface area contributed by atoms with Crippen molar-refractivity contribution in [2.45, 2.75) is 13.3 Å². The first-order valence-corrected chi connectivity index (χ1v) is 7.71. The molecule has 1 heterocycles. The fraction of sp³-hybridized carbons (Fsp3) is 0.286. The quantitative estimate of drug-likeness (QED) is 0.733. The maximum absolute atomic E-state index is 12.3. The van der Waals surface area contributed by atoms with E-state index < -0.39 is 0 Å². The van der Waals surface area contributed by atoms with Crippen molar-refractivity contribution in [3.63, 3.8) is 0 Å². The van der Waals surface area contributed by atoms with Crippen LogP contribution in [0.2, 0.25) is 15.1 Å². The first-order chi connectivity index (χ1) is 10.5. The van der Waals surface area contributed by atoms with Crippen LogP contribution in [0, 0.1) is 0 Å². The first kappa shape index (κ1) is 16.9. The number of amides is 1. The number of benzene rings is 1. The van der Waals surface area contributed by atoms with E-state index in [1.54, 1.807) is 6.20 Å². The number of hydrogen-bond donors (Lipinski definition) is 0. The third kappa shape index (κ3) is 4.06. The molecular formula is C14H14Cl3N3O2. The predicted octanol–water partition coefficient (Wildman–Crippen LogP) is 4.56. The minimum atomic E-state index is -0.236. The maximum atomic E-state index is 12.3. The highest BCUT2D eigenvalue weighted by Crippen LogP contribution is 2.35. The minimum absolute atomic E-state index is 0.0198. The van der Waals surface area contributed by atoms with Crippen LogP contribution < -0.4 is 4.74 Å². The second-order valence-corrected chi connectivity index (χ2v) is 5.74. The molecule has 1 aromatic heterocycles. The van der Waals surface area contributed by atoms with Gasteiger partial charge in [-0.3, -0.25) is 9.47 Å². The number of nitrogens with zero attached hydrogens (tertiary/aromatic N) is 3. The maximum Gasteiger partial charge on any atom is 0.332 e. The van der Waals surface area contributed by atoms with E-state index >= 15 is 0 Å². The summed E-state index contributed by atoms with van der Waals surface area (Å²) in [5.41, 5.74) is 0. The number of aromatic nitrogens is 2. The summed E-state index contributed by atoms with van der Waals surface area (Å²) < 4.78 is 6.98. The summed E-state index contributed by atoms with van der Waals surface area (Å²) in [5, 5.41) is 1.01. The normalized spacial score (nSPS) is 10.5. The highest BCUT2D eigenvalue weighted by atomic mass is 35.5. The van der Waals surface area contributed by atoms with Crippen molar-refractivity contribution in [2.75, 3.05) is 13.3 Å².